The van der Waals surface area contributed by atoms with Crippen LogP contribution in [0, 0.1) is 20.2 Å². The fourth-order valence-electron chi connectivity index (χ4n) is 2.37. The third-order valence-electron chi connectivity index (χ3n) is 3.64. The van der Waals surface area contributed by atoms with E-state index < -0.39 is 44.8 Å². The molecule has 27 heavy (non-hydrogen) atoms. The molecule has 0 aliphatic rings. The Bertz CT molecular complexity index is 885. The summed E-state index contributed by atoms with van der Waals surface area (Å²) in [5, 5.41) is 31.9. The van der Waals surface area contributed by atoms with Crippen molar-refractivity contribution in [3.63, 3.8) is 0 Å². The zero-order chi connectivity index (χ0) is 20.1. The molecule has 1 heterocycles. The van der Waals surface area contributed by atoms with E-state index in [1.54, 1.807) is 30.3 Å². The van der Waals surface area contributed by atoms with Crippen LogP contribution in [0.2, 0.25) is 0 Å². The van der Waals surface area contributed by atoms with Crippen molar-refractivity contribution in [2.24, 2.45) is 0 Å². The van der Waals surface area contributed by atoms with Crippen LogP contribution in [0.15, 0.2) is 47.5 Å². The van der Waals surface area contributed by atoms with Crippen molar-refractivity contribution < 1.29 is 24.5 Å². The van der Waals surface area contributed by atoms with E-state index in [9.17, 15) is 34.9 Å². The number of aliphatic hydroxyl groups is 1. The third kappa shape index (κ3) is 4.52. The topological polar surface area (TPSA) is 155 Å². The van der Waals surface area contributed by atoms with Crippen molar-refractivity contribution in [1.82, 2.24) is 4.57 Å². The Kier molecular flexibility index (Phi) is 5.98. The fourth-order valence-corrected chi connectivity index (χ4v) is 2.37. The van der Waals surface area contributed by atoms with Crippen LogP contribution in [0.25, 0.3) is 0 Å². The smallest absolute Gasteiger partial charge is 0.339 e. The molecule has 1 aromatic carbocycles. The number of carbonyl (C=O) groups is 1. The van der Waals surface area contributed by atoms with E-state index in [2.05, 4.69) is 0 Å². The van der Waals surface area contributed by atoms with Crippen LogP contribution < -0.4 is 5.43 Å². The first-order chi connectivity index (χ1) is 12.7. The summed E-state index contributed by atoms with van der Waals surface area (Å²) in [5.41, 5.74) is -2.92. The van der Waals surface area contributed by atoms with Gasteiger partial charge in [-0.05, 0) is 12.5 Å². The van der Waals surface area contributed by atoms with Crippen LogP contribution in [0.4, 0.5) is 11.4 Å². The highest BCUT2D eigenvalue weighted by molar-refractivity contribution is 5.75. The highest BCUT2D eigenvalue weighted by atomic mass is 16.6. The minimum Gasteiger partial charge on any atom is -0.459 e. The normalized spacial score (nSPS) is 12.8. The monoisotopic (exact) mass is 377 g/mol. The molecule has 2 aromatic rings. The lowest BCUT2D eigenvalue weighted by atomic mass is 10.1. The van der Waals surface area contributed by atoms with E-state index in [1.807, 2.05) is 0 Å². The molecule has 0 fully saturated rings. The molecule has 11 heteroatoms. The van der Waals surface area contributed by atoms with Gasteiger partial charge in [-0.15, -0.1) is 0 Å². The largest absolute Gasteiger partial charge is 0.459 e. The number of rotatable bonds is 7. The van der Waals surface area contributed by atoms with Crippen molar-refractivity contribution >= 4 is 17.3 Å². The second-order valence-electron chi connectivity index (χ2n) is 5.60. The summed E-state index contributed by atoms with van der Waals surface area (Å²) in [6.45, 7) is 1.08. The Labute approximate surface area is 151 Å². The van der Waals surface area contributed by atoms with Crippen molar-refractivity contribution in [1.29, 1.82) is 0 Å². The predicted molar refractivity (Wildman–Crippen MR) is 91.0 cm³/mol. The summed E-state index contributed by atoms with van der Waals surface area (Å²) in [5.74, 6) is -0.971. The number of esters is 1. The second kappa shape index (κ2) is 8.19. The summed E-state index contributed by atoms with van der Waals surface area (Å²) in [4.78, 5) is 44.0. The Balaban J connectivity index is 2.40. The van der Waals surface area contributed by atoms with Gasteiger partial charge in [-0.1, -0.05) is 30.3 Å². The molecule has 0 bridgehead atoms. The summed E-state index contributed by atoms with van der Waals surface area (Å²) < 4.78 is 5.84. The Hall–Kier alpha value is -3.60. The van der Waals surface area contributed by atoms with Gasteiger partial charge < -0.3 is 14.4 Å². The molecule has 2 atom stereocenters. The van der Waals surface area contributed by atoms with Gasteiger partial charge in [-0.3, -0.25) is 25.0 Å². The summed E-state index contributed by atoms with van der Waals surface area (Å²) in [6.07, 6.45) is -0.0810. The van der Waals surface area contributed by atoms with E-state index in [0.29, 0.717) is 18.0 Å². The first-order valence-electron chi connectivity index (χ1n) is 7.65. The molecule has 0 unspecified atom stereocenters. The lowest BCUT2D eigenvalue weighted by Crippen LogP contribution is -2.32. The first kappa shape index (κ1) is 19.7. The average Bonchev–Trinajstić information content (AvgIpc) is 2.61. The first-order valence-corrected chi connectivity index (χ1v) is 7.65. The molecule has 1 aromatic heterocycles. The molecular weight excluding hydrogens is 362 g/mol. The second-order valence-corrected chi connectivity index (χ2v) is 5.60. The van der Waals surface area contributed by atoms with Gasteiger partial charge in [0.05, 0.1) is 28.3 Å². The molecule has 142 valence electrons. The summed E-state index contributed by atoms with van der Waals surface area (Å²) >= 11 is 0. The van der Waals surface area contributed by atoms with Gasteiger partial charge in [-0.25, -0.2) is 4.79 Å². The van der Waals surface area contributed by atoms with Crippen LogP contribution in [0.5, 0.6) is 0 Å². The molecule has 0 aliphatic heterocycles. The number of pyridine rings is 1. The van der Waals surface area contributed by atoms with Gasteiger partial charge in [0.2, 0.25) is 0 Å². The Morgan fingerprint density at radius 2 is 1.67 bits per heavy atom. The van der Waals surface area contributed by atoms with Gasteiger partial charge in [0, 0.05) is 0 Å². The molecule has 2 rings (SSSR count). The maximum Gasteiger partial charge on any atom is 0.339 e. The van der Waals surface area contributed by atoms with Gasteiger partial charge in [0.15, 0.2) is 6.04 Å². The van der Waals surface area contributed by atoms with Crippen molar-refractivity contribution in [3.8, 4) is 0 Å². The maximum atomic E-state index is 12.4. The minimum atomic E-state index is -1.52. The number of aromatic nitrogens is 1. The predicted octanol–water partition coefficient (Wildman–Crippen LogP) is 1.33. The van der Waals surface area contributed by atoms with E-state index in [0.717, 1.165) is 4.57 Å². The number of aliphatic hydroxyl groups excluding tert-OH is 1. The fraction of sp³-hybridized carbons (Fsp3) is 0.250. The summed E-state index contributed by atoms with van der Waals surface area (Å²) in [7, 11) is 0. The zero-order valence-corrected chi connectivity index (χ0v) is 14.0. The van der Waals surface area contributed by atoms with Crippen molar-refractivity contribution in [2.75, 3.05) is 0 Å². The molecule has 0 amide bonds. The highest BCUT2D eigenvalue weighted by Crippen LogP contribution is 2.20. The highest BCUT2D eigenvalue weighted by Gasteiger charge is 2.32. The number of hydrogen-bond acceptors (Lipinski definition) is 8. The van der Waals surface area contributed by atoms with E-state index >= 15 is 0 Å². The van der Waals surface area contributed by atoms with Crippen LogP contribution in [0.3, 0.4) is 0 Å². The molecule has 0 radical (unpaired) electrons. The number of ether oxygens (including phenoxy) is 1. The maximum absolute atomic E-state index is 12.4. The zero-order valence-electron chi connectivity index (χ0n) is 14.0. The molecule has 0 saturated carbocycles. The summed E-state index contributed by atoms with van der Waals surface area (Å²) in [6, 6.07) is 7.09. The Morgan fingerprint density at radius 1 is 1.15 bits per heavy atom. The standard InChI is InChI=1S/C16H15N3O8/c1-10(20)14(16(22)27-9-11-5-3-2-4-6-11)17-7-12(18(23)24)15(21)13(8-17)19(25)26/h2-8,10,14,20H,9H2,1H3/t10-,14-/m0/s1. The van der Waals surface area contributed by atoms with Crippen molar-refractivity contribution in [3.05, 3.63) is 78.7 Å². The van der Waals surface area contributed by atoms with Gasteiger partial charge in [0.1, 0.15) is 6.61 Å². The van der Waals surface area contributed by atoms with Gasteiger partial charge in [-0.2, -0.15) is 0 Å². The van der Waals surface area contributed by atoms with Crippen LogP contribution in [0.1, 0.15) is 18.5 Å². The SMILES string of the molecule is C[C@H](O)[C@@H](C(=O)OCc1ccccc1)n1cc([N+](=O)[O-])c(=O)c([N+](=O)[O-])c1. The van der Waals surface area contributed by atoms with Crippen molar-refractivity contribution in [2.45, 2.75) is 25.7 Å². The molecular formula is C16H15N3O8. The minimum absolute atomic E-state index is 0.132. The van der Waals surface area contributed by atoms with Crippen LogP contribution in [-0.4, -0.2) is 31.6 Å². The Morgan fingerprint density at radius 3 is 2.11 bits per heavy atom. The quantitative estimate of drug-likeness (QED) is 0.430. The average molecular weight is 377 g/mol. The van der Waals surface area contributed by atoms with Crippen LogP contribution in [-0.2, 0) is 16.1 Å². The van der Waals surface area contributed by atoms with E-state index in [4.69, 9.17) is 4.74 Å². The molecule has 0 saturated heterocycles. The van der Waals surface area contributed by atoms with E-state index in [1.165, 1.54) is 6.92 Å². The molecule has 1 N–H and O–H groups in total. The lowest BCUT2D eigenvalue weighted by molar-refractivity contribution is -0.397. The molecule has 0 spiro atoms. The third-order valence-corrected chi connectivity index (χ3v) is 3.64. The van der Waals surface area contributed by atoms with E-state index in [-0.39, 0.29) is 6.61 Å². The molecule has 0 aliphatic carbocycles. The van der Waals surface area contributed by atoms with Gasteiger partial charge >= 0.3 is 22.8 Å². The number of nitrogens with zero attached hydrogens (tertiary/aromatic N) is 3. The number of carbonyl (C=O) groups excluding carboxylic acids is 1. The van der Waals surface area contributed by atoms with Gasteiger partial charge in [0.25, 0.3) is 0 Å². The molecule has 11 nitrogen and oxygen atoms in total. The van der Waals surface area contributed by atoms with Crippen LogP contribution >= 0.6 is 0 Å². The lowest BCUT2D eigenvalue weighted by Gasteiger charge is -2.21. The number of hydrogen-bond donors (Lipinski definition) is 1. The number of nitro groups is 2. The number of benzene rings is 1.